The molecule has 2 rings (SSSR count). The second-order valence-corrected chi connectivity index (χ2v) is 4.36. The molecule has 0 aliphatic rings. The largest absolute Gasteiger partial charge is 0.307 e. The molecule has 1 atom stereocenters. The Labute approximate surface area is 110 Å². The van der Waals surface area contributed by atoms with Crippen LogP contribution in [0.25, 0.3) is 0 Å². The number of carbonyl (C=O) groups is 1. The fourth-order valence-corrected chi connectivity index (χ4v) is 1.81. The summed E-state index contributed by atoms with van der Waals surface area (Å²) in [7, 11) is 1.79. The summed E-state index contributed by atoms with van der Waals surface area (Å²) in [6.45, 7) is 1.91. The van der Waals surface area contributed by atoms with Crippen LogP contribution in [-0.2, 0) is 11.8 Å². The Morgan fingerprint density at radius 2 is 2.39 bits per heavy atom. The number of aryl methyl sites for hydroxylation is 1. The third kappa shape index (κ3) is 2.70. The monoisotopic (exact) mass is 267 g/mol. The van der Waals surface area contributed by atoms with Crippen LogP contribution in [0.3, 0.4) is 0 Å². The lowest BCUT2D eigenvalue weighted by molar-refractivity contribution is -0.119. The first-order valence-electron chi connectivity index (χ1n) is 5.60. The van der Waals surface area contributed by atoms with Gasteiger partial charge in [-0.3, -0.25) is 14.2 Å². The molecule has 0 spiro atoms. The van der Waals surface area contributed by atoms with E-state index in [0.29, 0.717) is 17.3 Å². The molecule has 2 aromatic rings. The number of aromatic nitrogens is 4. The number of rotatable bonds is 4. The van der Waals surface area contributed by atoms with Crippen molar-refractivity contribution in [1.82, 2.24) is 19.6 Å². The highest BCUT2D eigenvalue weighted by molar-refractivity contribution is 6.30. The fourth-order valence-electron chi connectivity index (χ4n) is 1.67. The van der Waals surface area contributed by atoms with Crippen molar-refractivity contribution < 1.29 is 4.79 Å². The predicted molar refractivity (Wildman–Crippen MR) is 68.4 cm³/mol. The van der Waals surface area contributed by atoms with E-state index in [1.165, 1.54) is 6.20 Å². The van der Waals surface area contributed by atoms with E-state index in [-0.39, 0.29) is 11.9 Å². The van der Waals surface area contributed by atoms with E-state index in [1.807, 2.05) is 6.92 Å². The Morgan fingerprint density at radius 1 is 1.61 bits per heavy atom. The zero-order valence-electron chi connectivity index (χ0n) is 10.2. The van der Waals surface area contributed by atoms with Gasteiger partial charge in [-0.05, 0) is 6.42 Å². The third-order valence-corrected chi connectivity index (χ3v) is 2.74. The van der Waals surface area contributed by atoms with Gasteiger partial charge in [-0.25, -0.2) is 0 Å². The van der Waals surface area contributed by atoms with Crippen LogP contribution in [0.1, 0.15) is 19.4 Å². The van der Waals surface area contributed by atoms with Gasteiger partial charge in [-0.2, -0.15) is 10.2 Å². The van der Waals surface area contributed by atoms with E-state index in [2.05, 4.69) is 15.5 Å². The minimum absolute atomic E-state index is 0.157. The van der Waals surface area contributed by atoms with Crippen molar-refractivity contribution in [2.75, 3.05) is 5.32 Å². The van der Waals surface area contributed by atoms with E-state index < -0.39 is 0 Å². The number of carbonyl (C=O) groups excluding carboxylic acids is 1. The summed E-state index contributed by atoms with van der Waals surface area (Å²) in [5, 5.41) is 11.4. The summed E-state index contributed by atoms with van der Waals surface area (Å²) in [6, 6.07) is 1.35. The van der Waals surface area contributed by atoms with Gasteiger partial charge in [0.25, 0.3) is 0 Å². The molecule has 0 radical (unpaired) electrons. The van der Waals surface area contributed by atoms with Gasteiger partial charge in [0.1, 0.15) is 6.04 Å². The average Bonchev–Trinajstić information content (AvgIpc) is 2.89. The molecular weight excluding hydrogens is 254 g/mol. The molecule has 0 saturated carbocycles. The molecule has 18 heavy (non-hydrogen) atoms. The summed E-state index contributed by atoms with van der Waals surface area (Å²) in [5.41, 5.74) is 0. The molecule has 0 aromatic carbocycles. The summed E-state index contributed by atoms with van der Waals surface area (Å²) in [6.07, 6.45) is 5.53. The zero-order valence-corrected chi connectivity index (χ0v) is 10.9. The lowest BCUT2D eigenvalue weighted by atomic mass is 10.2. The Balaban J connectivity index is 2.11. The summed E-state index contributed by atoms with van der Waals surface area (Å²) < 4.78 is 3.18. The number of nitrogens with one attached hydrogen (secondary N) is 1. The number of amides is 1. The lowest BCUT2D eigenvalue weighted by Gasteiger charge is -2.14. The summed E-state index contributed by atoms with van der Waals surface area (Å²) >= 11 is 5.80. The lowest BCUT2D eigenvalue weighted by Crippen LogP contribution is -2.26. The topological polar surface area (TPSA) is 64.7 Å². The highest BCUT2D eigenvalue weighted by Crippen LogP contribution is 2.16. The SMILES string of the molecule is CCC(C(=O)Nc1ccn(C)n1)n1cc(Cl)cn1. The number of nitrogens with zero attached hydrogens (tertiary/aromatic N) is 4. The van der Waals surface area contributed by atoms with Gasteiger partial charge in [0.2, 0.25) is 5.91 Å². The molecular formula is C11H14ClN5O. The maximum Gasteiger partial charge on any atom is 0.250 e. The first-order valence-corrected chi connectivity index (χ1v) is 5.98. The normalized spacial score (nSPS) is 12.4. The maximum atomic E-state index is 12.1. The fraction of sp³-hybridized carbons (Fsp3) is 0.364. The van der Waals surface area contributed by atoms with Gasteiger partial charge in [-0.1, -0.05) is 18.5 Å². The standard InChI is InChI=1S/C11H14ClN5O/c1-3-9(17-7-8(12)6-13-17)11(18)14-10-4-5-16(2)15-10/h4-7,9H,3H2,1-2H3,(H,14,15,18). The van der Waals surface area contributed by atoms with Crippen LogP contribution in [0.4, 0.5) is 5.82 Å². The smallest absolute Gasteiger partial charge is 0.250 e. The van der Waals surface area contributed by atoms with Gasteiger partial charge in [0, 0.05) is 25.5 Å². The van der Waals surface area contributed by atoms with Crippen molar-refractivity contribution >= 4 is 23.3 Å². The van der Waals surface area contributed by atoms with Crippen molar-refractivity contribution in [2.45, 2.75) is 19.4 Å². The number of halogens is 1. The second-order valence-electron chi connectivity index (χ2n) is 3.93. The molecule has 7 heteroatoms. The molecule has 0 saturated heterocycles. The van der Waals surface area contributed by atoms with E-state index in [1.54, 1.807) is 34.9 Å². The van der Waals surface area contributed by atoms with Crippen molar-refractivity contribution in [3.63, 3.8) is 0 Å². The quantitative estimate of drug-likeness (QED) is 0.920. The van der Waals surface area contributed by atoms with Gasteiger partial charge in [0.05, 0.1) is 11.2 Å². The van der Waals surface area contributed by atoms with Crippen LogP contribution < -0.4 is 5.32 Å². The summed E-state index contributed by atoms with van der Waals surface area (Å²) in [4.78, 5) is 12.1. The third-order valence-electron chi connectivity index (χ3n) is 2.54. The molecule has 0 bridgehead atoms. The molecule has 0 aliphatic heterocycles. The second kappa shape index (κ2) is 5.22. The van der Waals surface area contributed by atoms with E-state index in [9.17, 15) is 4.79 Å². The van der Waals surface area contributed by atoms with Crippen LogP contribution >= 0.6 is 11.6 Å². The molecule has 0 fully saturated rings. The van der Waals surface area contributed by atoms with Gasteiger partial charge in [-0.15, -0.1) is 0 Å². The van der Waals surface area contributed by atoms with Crippen LogP contribution in [0.2, 0.25) is 5.02 Å². The van der Waals surface area contributed by atoms with Crippen LogP contribution in [0.15, 0.2) is 24.7 Å². The van der Waals surface area contributed by atoms with Gasteiger partial charge in [0.15, 0.2) is 5.82 Å². The summed E-state index contributed by atoms with van der Waals surface area (Å²) in [5.74, 6) is 0.371. The molecule has 96 valence electrons. The molecule has 6 nitrogen and oxygen atoms in total. The molecule has 2 aromatic heterocycles. The van der Waals surface area contributed by atoms with E-state index in [0.717, 1.165) is 0 Å². The predicted octanol–water partition coefficient (Wildman–Crippen LogP) is 1.86. The Bertz CT molecular complexity index is 547. The van der Waals surface area contributed by atoms with Crippen LogP contribution in [0, 0.1) is 0 Å². The van der Waals surface area contributed by atoms with Crippen LogP contribution in [0.5, 0.6) is 0 Å². The number of hydrogen-bond acceptors (Lipinski definition) is 3. The Morgan fingerprint density at radius 3 is 2.89 bits per heavy atom. The molecule has 0 aliphatic carbocycles. The van der Waals surface area contributed by atoms with Crippen molar-refractivity contribution in [1.29, 1.82) is 0 Å². The number of anilines is 1. The van der Waals surface area contributed by atoms with Gasteiger partial charge < -0.3 is 5.32 Å². The van der Waals surface area contributed by atoms with Gasteiger partial charge >= 0.3 is 0 Å². The highest BCUT2D eigenvalue weighted by Gasteiger charge is 2.20. The first-order chi connectivity index (χ1) is 8.60. The van der Waals surface area contributed by atoms with Crippen LogP contribution in [-0.4, -0.2) is 25.5 Å². The number of hydrogen-bond donors (Lipinski definition) is 1. The molecule has 1 unspecified atom stereocenters. The maximum absolute atomic E-state index is 12.1. The molecule has 2 heterocycles. The molecule has 1 N–H and O–H groups in total. The van der Waals surface area contributed by atoms with Crippen molar-refractivity contribution in [3.05, 3.63) is 29.7 Å². The molecule has 1 amide bonds. The highest BCUT2D eigenvalue weighted by atomic mass is 35.5. The van der Waals surface area contributed by atoms with E-state index >= 15 is 0 Å². The zero-order chi connectivity index (χ0) is 13.1. The Hall–Kier alpha value is -1.82. The van der Waals surface area contributed by atoms with Crippen molar-refractivity contribution in [2.24, 2.45) is 7.05 Å². The minimum atomic E-state index is -0.389. The average molecular weight is 268 g/mol. The first kappa shape index (κ1) is 12.6. The minimum Gasteiger partial charge on any atom is -0.307 e. The van der Waals surface area contributed by atoms with E-state index in [4.69, 9.17) is 11.6 Å². The Kier molecular flexibility index (Phi) is 3.66. The van der Waals surface area contributed by atoms with Crippen molar-refractivity contribution in [3.8, 4) is 0 Å².